The predicted molar refractivity (Wildman–Crippen MR) is 101 cm³/mol. The van der Waals surface area contributed by atoms with Crippen molar-refractivity contribution >= 4 is 11.6 Å². The summed E-state index contributed by atoms with van der Waals surface area (Å²) in [5.41, 5.74) is 4.06. The average molecular weight is 329 g/mol. The number of benzene rings is 1. The molecule has 1 aliphatic heterocycles. The lowest BCUT2D eigenvalue weighted by Gasteiger charge is -2.32. The van der Waals surface area contributed by atoms with Crippen LogP contribution in [0, 0.1) is 0 Å². The van der Waals surface area contributed by atoms with Crippen molar-refractivity contribution in [2.24, 2.45) is 0 Å². The van der Waals surface area contributed by atoms with Gasteiger partial charge in [-0.3, -0.25) is 4.79 Å². The van der Waals surface area contributed by atoms with Gasteiger partial charge in [0.1, 0.15) is 0 Å². The van der Waals surface area contributed by atoms with Gasteiger partial charge in [0, 0.05) is 11.7 Å². The minimum atomic E-state index is 0.315. The fourth-order valence-corrected chi connectivity index (χ4v) is 4.31. The van der Waals surface area contributed by atoms with Crippen molar-refractivity contribution in [1.82, 2.24) is 4.90 Å². The lowest BCUT2D eigenvalue weighted by Crippen LogP contribution is -2.39. The highest BCUT2D eigenvalue weighted by Crippen LogP contribution is 2.37. The van der Waals surface area contributed by atoms with Gasteiger partial charge in [0.15, 0.2) is 0 Å². The number of para-hydroxylation sites is 1. The minimum absolute atomic E-state index is 0.315. The van der Waals surface area contributed by atoms with E-state index in [-0.39, 0.29) is 0 Å². The molecule has 0 aromatic heterocycles. The van der Waals surface area contributed by atoms with Gasteiger partial charge in [-0.2, -0.15) is 0 Å². The second-order valence-corrected chi connectivity index (χ2v) is 8.09. The Kier molecular flexibility index (Phi) is 5.17. The molecule has 1 heterocycles. The van der Waals surface area contributed by atoms with E-state index >= 15 is 0 Å². The summed E-state index contributed by atoms with van der Waals surface area (Å²) in [6.45, 7) is 10.3. The van der Waals surface area contributed by atoms with Crippen LogP contribution in [0.25, 0.3) is 0 Å². The molecule has 2 aliphatic rings. The molecule has 0 atom stereocenters. The summed E-state index contributed by atoms with van der Waals surface area (Å²) in [6, 6.07) is 7.11. The Labute approximate surface area is 147 Å². The van der Waals surface area contributed by atoms with Crippen molar-refractivity contribution < 1.29 is 4.79 Å². The molecule has 0 unspecified atom stereocenters. The molecule has 1 saturated heterocycles. The van der Waals surface area contributed by atoms with Crippen molar-refractivity contribution in [3.8, 4) is 0 Å². The molecular weight excluding hydrogens is 296 g/mol. The third-order valence-electron chi connectivity index (χ3n) is 5.64. The standard InChI is InChI=1S/C21H32N2O/c1-15(2)18-11-8-12-19(16(3)4)21(18)22-13-20(24)23(14-22)17-9-6-5-7-10-17/h8,11-12,15-17H,5-7,9-10,13-14H2,1-4H3. The average Bonchev–Trinajstić information content (AvgIpc) is 2.96. The van der Waals surface area contributed by atoms with Crippen molar-refractivity contribution in [2.45, 2.75) is 77.7 Å². The van der Waals surface area contributed by atoms with Crippen LogP contribution in [0.2, 0.25) is 0 Å². The maximum Gasteiger partial charge on any atom is 0.243 e. The Morgan fingerprint density at radius 1 is 0.958 bits per heavy atom. The van der Waals surface area contributed by atoms with Gasteiger partial charge in [0.25, 0.3) is 0 Å². The number of carbonyl (C=O) groups is 1. The van der Waals surface area contributed by atoms with Crippen LogP contribution in [0.1, 0.15) is 82.8 Å². The summed E-state index contributed by atoms with van der Waals surface area (Å²) in [7, 11) is 0. The van der Waals surface area contributed by atoms with Crippen LogP contribution in [0.3, 0.4) is 0 Å². The molecule has 3 rings (SSSR count). The summed E-state index contributed by atoms with van der Waals surface area (Å²) in [5.74, 6) is 1.25. The predicted octanol–water partition coefficient (Wildman–Crippen LogP) is 4.87. The Morgan fingerprint density at radius 3 is 2.08 bits per heavy atom. The van der Waals surface area contributed by atoms with Crippen LogP contribution in [-0.2, 0) is 4.79 Å². The van der Waals surface area contributed by atoms with Gasteiger partial charge < -0.3 is 9.80 Å². The van der Waals surface area contributed by atoms with E-state index in [9.17, 15) is 4.79 Å². The Hall–Kier alpha value is -1.51. The number of amides is 1. The van der Waals surface area contributed by atoms with E-state index in [0.29, 0.717) is 30.3 Å². The Bertz CT molecular complexity index is 561. The van der Waals surface area contributed by atoms with Gasteiger partial charge in [0.05, 0.1) is 13.2 Å². The molecule has 0 N–H and O–H groups in total. The molecule has 3 nitrogen and oxygen atoms in total. The third kappa shape index (κ3) is 3.31. The number of rotatable bonds is 4. The normalized spacial score (nSPS) is 19.8. The van der Waals surface area contributed by atoms with Gasteiger partial charge in [-0.25, -0.2) is 0 Å². The van der Waals surface area contributed by atoms with E-state index < -0.39 is 0 Å². The molecular formula is C21H32N2O. The number of anilines is 1. The SMILES string of the molecule is CC(C)c1cccc(C(C)C)c1N1CC(=O)N(C2CCCCC2)C1. The minimum Gasteiger partial charge on any atom is -0.344 e. The van der Waals surface area contributed by atoms with Crippen LogP contribution in [0.15, 0.2) is 18.2 Å². The highest BCUT2D eigenvalue weighted by molar-refractivity contribution is 5.86. The molecule has 132 valence electrons. The van der Waals surface area contributed by atoms with Crippen LogP contribution in [-0.4, -0.2) is 30.1 Å². The molecule has 1 aromatic rings. The monoisotopic (exact) mass is 328 g/mol. The first-order valence-electron chi connectivity index (χ1n) is 9.66. The van der Waals surface area contributed by atoms with Gasteiger partial charge >= 0.3 is 0 Å². The summed E-state index contributed by atoms with van der Waals surface area (Å²) >= 11 is 0. The molecule has 0 radical (unpaired) electrons. The van der Waals surface area contributed by atoms with Crippen LogP contribution < -0.4 is 4.90 Å². The largest absolute Gasteiger partial charge is 0.344 e. The van der Waals surface area contributed by atoms with Crippen molar-refractivity contribution in [3.63, 3.8) is 0 Å². The maximum atomic E-state index is 12.7. The van der Waals surface area contributed by atoms with E-state index in [0.717, 1.165) is 6.67 Å². The molecule has 2 fully saturated rings. The van der Waals surface area contributed by atoms with Gasteiger partial charge in [-0.05, 0) is 35.8 Å². The van der Waals surface area contributed by atoms with Crippen LogP contribution in [0.4, 0.5) is 5.69 Å². The lowest BCUT2D eigenvalue weighted by molar-refractivity contribution is -0.129. The molecule has 1 aliphatic carbocycles. The van der Waals surface area contributed by atoms with E-state index in [1.807, 2.05) is 0 Å². The fraction of sp³-hybridized carbons (Fsp3) is 0.667. The van der Waals surface area contributed by atoms with E-state index in [1.54, 1.807) is 0 Å². The number of hydrogen-bond donors (Lipinski definition) is 0. The summed E-state index contributed by atoms with van der Waals surface area (Å²) in [5, 5.41) is 0. The molecule has 24 heavy (non-hydrogen) atoms. The van der Waals surface area contributed by atoms with Gasteiger partial charge in [0.2, 0.25) is 5.91 Å². The van der Waals surface area contributed by atoms with Gasteiger partial charge in [-0.15, -0.1) is 0 Å². The van der Waals surface area contributed by atoms with Crippen LogP contribution >= 0.6 is 0 Å². The van der Waals surface area contributed by atoms with E-state index in [4.69, 9.17) is 0 Å². The lowest BCUT2D eigenvalue weighted by atomic mass is 9.92. The summed E-state index contributed by atoms with van der Waals surface area (Å²) in [6.07, 6.45) is 6.24. The van der Waals surface area contributed by atoms with E-state index in [2.05, 4.69) is 55.7 Å². The third-order valence-corrected chi connectivity index (χ3v) is 5.64. The number of nitrogens with zero attached hydrogens (tertiary/aromatic N) is 2. The number of hydrogen-bond acceptors (Lipinski definition) is 2. The molecule has 0 bridgehead atoms. The quantitative estimate of drug-likeness (QED) is 0.787. The number of carbonyl (C=O) groups excluding carboxylic acids is 1. The Balaban J connectivity index is 1.90. The molecule has 1 saturated carbocycles. The first-order valence-corrected chi connectivity index (χ1v) is 9.66. The van der Waals surface area contributed by atoms with Crippen molar-refractivity contribution in [1.29, 1.82) is 0 Å². The second kappa shape index (κ2) is 7.16. The first-order chi connectivity index (χ1) is 11.5. The fourth-order valence-electron chi connectivity index (χ4n) is 4.31. The highest BCUT2D eigenvalue weighted by Gasteiger charge is 2.35. The van der Waals surface area contributed by atoms with Crippen molar-refractivity contribution in [3.05, 3.63) is 29.3 Å². The molecule has 3 heteroatoms. The smallest absolute Gasteiger partial charge is 0.243 e. The topological polar surface area (TPSA) is 23.6 Å². The second-order valence-electron chi connectivity index (χ2n) is 8.09. The highest BCUT2D eigenvalue weighted by atomic mass is 16.2. The zero-order valence-electron chi connectivity index (χ0n) is 15.7. The Morgan fingerprint density at radius 2 is 1.54 bits per heavy atom. The maximum absolute atomic E-state index is 12.7. The van der Waals surface area contributed by atoms with Gasteiger partial charge in [-0.1, -0.05) is 65.2 Å². The molecule has 1 aromatic carbocycles. The molecule has 0 spiro atoms. The first kappa shape index (κ1) is 17.3. The summed E-state index contributed by atoms with van der Waals surface area (Å²) < 4.78 is 0. The summed E-state index contributed by atoms with van der Waals surface area (Å²) in [4.78, 5) is 17.2. The van der Waals surface area contributed by atoms with Crippen molar-refractivity contribution in [2.75, 3.05) is 18.1 Å². The molecule has 1 amide bonds. The zero-order valence-corrected chi connectivity index (χ0v) is 15.7. The van der Waals surface area contributed by atoms with E-state index in [1.165, 1.54) is 48.9 Å². The van der Waals surface area contributed by atoms with Crippen LogP contribution in [0.5, 0.6) is 0 Å². The zero-order chi connectivity index (χ0) is 17.3.